The maximum atomic E-state index is 5.54. The highest BCUT2D eigenvalue weighted by molar-refractivity contribution is 5.75. The minimum atomic E-state index is 0.0838. The van der Waals surface area contributed by atoms with Crippen LogP contribution in [0.1, 0.15) is 12.7 Å². The summed E-state index contributed by atoms with van der Waals surface area (Å²) < 4.78 is 7.50. The lowest BCUT2D eigenvalue weighted by Gasteiger charge is -2.15. The molecule has 0 aliphatic rings. The van der Waals surface area contributed by atoms with Crippen LogP contribution in [-0.4, -0.2) is 28.8 Å². The summed E-state index contributed by atoms with van der Waals surface area (Å²) in [4.78, 5) is 4.62. The second-order valence-electron chi connectivity index (χ2n) is 4.30. The molecule has 2 aromatic rings. The summed E-state index contributed by atoms with van der Waals surface area (Å²) in [6.07, 6.45) is 0.752. The average molecular weight is 248 g/mol. The van der Waals surface area contributed by atoms with Crippen molar-refractivity contribution in [1.82, 2.24) is 15.0 Å². The molecule has 0 saturated carbocycles. The van der Waals surface area contributed by atoms with E-state index in [2.05, 4.69) is 21.0 Å². The van der Waals surface area contributed by atoms with Gasteiger partial charge in [-0.3, -0.25) is 11.3 Å². The van der Waals surface area contributed by atoms with Crippen molar-refractivity contribution in [3.63, 3.8) is 0 Å². The number of benzene rings is 1. The van der Waals surface area contributed by atoms with Crippen molar-refractivity contribution in [2.75, 3.05) is 13.2 Å². The number of aryl methyl sites for hydroxylation is 1. The lowest BCUT2D eigenvalue weighted by atomic mass is 10.2. The molecule has 5 heteroatoms. The normalized spacial score (nSPS) is 13.1. The molecule has 1 atom stereocenters. The molecule has 2 rings (SSSR count). The fourth-order valence-corrected chi connectivity index (χ4v) is 2.02. The van der Waals surface area contributed by atoms with E-state index in [1.165, 1.54) is 0 Å². The van der Waals surface area contributed by atoms with E-state index in [9.17, 15) is 0 Å². The Hall–Kier alpha value is -1.43. The number of imidazole rings is 1. The van der Waals surface area contributed by atoms with E-state index in [0.717, 1.165) is 23.3 Å². The lowest BCUT2D eigenvalue weighted by molar-refractivity contribution is 0.122. The van der Waals surface area contributed by atoms with Gasteiger partial charge in [0.05, 0.1) is 23.7 Å². The number of hydrogen-bond acceptors (Lipinski definition) is 4. The van der Waals surface area contributed by atoms with E-state index in [-0.39, 0.29) is 6.04 Å². The summed E-state index contributed by atoms with van der Waals surface area (Å²) in [6.45, 7) is 3.26. The number of fused-ring (bicyclic) bond motifs is 1. The number of para-hydroxylation sites is 2. The second-order valence-corrected chi connectivity index (χ2v) is 4.30. The van der Waals surface area contributed by atoms with Crippen molar-refractivity contribution in [3.8, 4) is 0 Å². The Kier molecular flexibility index (Phi) is 4.30. The van der Waals surface area contributed by atoms with Crippen molar-refractivity contribution >= 4 is 11.0 Å². The van der Waals surface area contributed by atoms with Crippen LogP contribution in [0.5, 0.6) is 0 Å². The lowest BCUT2D eigenvalue weighted by Crippen LogP contribution is -2.40. The first-order valence-electron chi connectivity index (χ1n) is 6.20. The van der Waals surface area contributed by atoms with Gasteiger partial charge in [-0.05, 0) is 19.1 Å². The molecular formula is C13H20N4O. The summed E-state index contributed by atoms with van der Waals surface area (Å²) in [7, 11) is 2.03. The van der Waals surface area contributed by atoms with Crippen LogP contribution in [0, 0.1) is 0 Å². The summed E-state index contributed by atoms with van der Waals surface area (Å²) in [5.41, 5.74) is 4.93. The Morgan fingerprint density at radius 2 is 2.22 bits per heavy atom. The Bertz CT molecular complexity index is 509. The van der Waals surface area contributed by atoms with Crippen LogP contribution in [-0.2, 0) is 18.2 Å². The van der Waals surface area contributed by atoms with Crippen molar-refractivity contribution in [3.05, 3.63) is 30.1 Å². The van der Waals surface area contributed by atoms with E-state index in [4.69, 9.17) is 10.6 Å². The number of aromatic nitrogens is 2. The molecule has 0 spiro atoms. The highest BCUT2D eigenvalue weighted by atomic mass is 16.5. The maximum Gasteiger partial charge on any atom is 0.111 e. The van der Waals surface area contributed by atoms with Crippen molar-refractivity contribution < 1.29 is 4.74 Å². The van der Waals surface area contributed by atoms with Gasteiger partial charge in [-0.1, -0.05) is 12.1 Å². The summed E-state index contributed by atoms with van der Waals surface area (Å²) >= 11 is 0. The molecule has 0 radical (unpaired) electrons. The molecule has 0 amide bonds. The molecule has 0 aliphatic carbocycles. The fraction of sp³-hybridized carbons (Fsp3) is 0.462. The number of nitrogens with zero attached hydrogens (tertiary/aromatic N) is 2. The molecule has 0 fully saturated rings. The Morgan fingerprint density at radius 1 is 1.44 bits per heavy atom. The monoisotopic (exact) mass is 248 g/mol. The smallest absolute Gasteiger partial charge is 0.111 e. The van der Waals surface area contributed by atoms with Gasteiger partial charge >= 0.3 is 0 Å². The van der Waals surface area contributed by atoms with E-state index in [1.54, 1.807) is 0 Å². The minimum Gasteiger partial charge on any atom is -0.380 e. The van der Waals surface area contributed by atoms with Gasteiger partial charge in [0.2, 0.25) is 0 Å². The van der Waals surface area contributed by atoms with Crippen LogP contribution < -0.4 is 11.3 Å². The van der Waals surface area contributed by atoms with Crippen molar-refractivity contribution in [2.45, 2.75) is 19.4 Å². The van der Waals surface area contributed by atoms with Crippen LogP contribution in [0.2, 0.25) is 0 Å². The fourth-order valence-electron chi connectivity index (χ4n) is 2.02. The van der Waals surface area contributed by atoms with Crippen molar-refractivity contribution in [1.29, 1.82) is 0 Å². The molecule has 1 aromatic carbocycles. The summed E-state index contributed by atoms with van der Waals surface area (Å²) in [6, 6.07) is 8.19. The number of nitrogens with one attached hydrogen (secondary N) is 1. The molecule has 0 bridgehead atoms. The van der Waals surface area contributed by atoms with Crippen LogP contribution in [0.15, 0.2) is 24.3 Å². The van der Waals surface area contributed by atoms with Crippen LogP contribution >= 0.6 is 0 Å². The quantitative estimate of drug-likeness (QED) is 0.591. The first-order valence-corrected chi connectivity index (χ1v) is 6.20. The molecule has 0 aliphatic heterocycles. The maximum absolute atomic E-state index is 5.54. The van der Waals surface area contributed by atoms with Crippen LogP contribution in [0.3, 0.4) is 0 Å². The molecule has 98 valence electrons. The third-order valence-electron chi connectivity index (χ3n) is 3.07. The Morgan fingerprint density at radius 3 is 2.89 bits per heavy atom. The van der Waals surface area contributed by atoms with Crippen molar-refractivity contribution in [2.24, 2.45) is 12.9 Å². The number of ether oxygens (including phenoxy) is 1. The zero-order chi connectivity index (χ0) is 13.0. The molecule has 0 saturated heterocycles. The number of hydrazine groups is 1. The zero-order valence-corrected chi connectivity index (χ0v) is 10.9. The molecule has 1 heterocycles. The first-order chi connectivity index (χ1) is 8.76. The third-order valence-corrected chi connectivity index (χ3v) is 3.07. The van der Waals surface area contributed by atoms with Gasteiger partial charge in [-0.2, -0.15) is 0 Å². The summed E-state index contributed by atoms with van der Waals surface area (Å²) in [5.74, 6) is 6.55. The Labute approximate surface area is 107 Å². The highest BCUT2D eigenvalue weighted by Crippen LogP contribution is 2.15. The second kappa shape index (κ2) is 5.95. The minimum absolute atomic E-state index is 0.0838. The molecule has 18 heavy (non-hydrogen) atoms. The largest absolute Gasteiger partial charge is 0.380 e. The number of rotatable bonds is 6. The van der Waals surface area contributed by atoms with E-state index < -0.39 is 0 Å². The van der Waals surface area contributed by atoms with Gasteiger partial charge in [0.1, 0.15) is 5.82 Å². The molecule has 1 aromatic heterocycles. The molecule has 3 N–H and O–H groups in total. The molecule has 1 unspecified atom stereocenters. The number of nitrogens with two attached hydrogens (primary N) is 1. The number of hydrogen-bond donors (Lipinski definition) is 2. The Balaban J connectivity index is 2.17. The van der Waals surface area contributed by atoms with Gasteiger partial charge in [0.15, 0.2) is 0 Å². The van der Waals surface area contributed by atoms with Crippen LogP contribution in [0.4, 0.5) is 0 Å². The topological polar surface area (TPSA) is 65.1 Å². The van der Waals surface area contributed by atoms with E-state index in [1.807, 2.05) is 32.2 Å². The van der Waals surface area contributed by atoms with Gasteiger partial charge in [0.25, 0.3) is 0 Å². The predicted octanol–water partition coefficient (Wildman–Crippen LogP) is 0.984. The first kappa shape index (κ1) is 13.0. The van der Waals surface area contributed by atoms with Gasteiger partial charge in [0, 0.05) is 20.1 Å². The van der Waals surface area contributed by atoms with E-state index in [0.29, 0.717) is 13.2 Å². The average Bonchev–Trinajstić information content (AvgIpc) is 2.72. The van der Waals surface area contributed by atoms with Gasteiger partial charge < -0.3 is 9.30 Å². The van der Waals surface area contributed by atoms with Gasteiger partial charge in [-0.15, -0.1) is 0 Å². The van der Waals surface area contributed by atoms with Crippen LogP contribution in [0.25, 0.3) is 11.0 Å². The SMILES string of the molecule is CCOCC(Cc1nc2ccccc2n1C)NN. The zero-order valence-electron chi connectivity index (χ0n) is 10.9. The highest BCUT2D eigenvalue weighted by Gasteiger charge is 2.13. The predicted molar refractivity (Wildman–Crippen MR) is 72.0 cm³/mol. The third kappa shape index (κ3) is 2.69. The standard InChI is InChI=1S/C13H20N4O/c1-3-18-9-10(16-14)8-13-15-11-6-4-5-7-12(11)17(13)2/h4-7,10,16H,3,8-9,14H2,1-2H3. The molecular weight excluding hydrogens is 228 g/mol. The van der Waals surface area contributed by atoms with Gasteiger partial charge in [-0.25, -0.2) is 4.98 Å². The molecule has 5 nitrogen and oxygen atoms in total. The van der Waals surface area contributed by atoms with E-state index >= 15 is 0 Å². The summed E-state index contributed by atoms with van der Waals surface area (Å²) in [5, 5.41) is 0.